The Morgan fingerprint density at radius 1 is 1.03 bits per heavy atom. The average molecular weight is 436 g/mol. The van der Waals surface area contributed by atoms with Crippen LogP contribution in [-0.4, -0.2) is 51.9 Å². The number of benzene rings is 1. The van der Waals surface area contributed by atoms with Crippen molar-refractivity contribution in [3.63, 3.8) is 0 Å². The van der Waals surface area contributed by atoms with Crippen LogP contribution in [0.25, 0.3) is 0 Å². The predicted molar refractivity (Wildman–Crippen MR) is 125 cm³/mol. The minimum atomic E-state index is -0.0160. The number of carbonyl (C=O) groups excluding carboxylic acids is 1. The fourth-order valence-corrected chi connectivity index (χ4v) is 4.54. The topological polar surface area (TPSA) is 61.4 Å². The van der Waals surface area contributed by atoms with Crippen molar-refractivity contribution >= 4 is 22.9 Å². The maximum Gasteiger partial charge on any atom is 0.231 e. The van der Waals surface area contributed by atoms with E-state index in [-0.39, 0.29) is 5.91 Å². The van der Waals surface area contributed by atoms with Crippen LogP contribution in [0.15, 0.2) is 48.0 Å². The molecule has 0 spiro atoms. The molecule has 3 heterocycles. The van der Waals surface area contributed by atoms with Crippen LogP contribution in [0.1, 0.15) is 27.5 Å². The monoisotopic (exact) mass is 435 g/mol. The highest BCUT2D eigenvalue weighted by atomic mass is 32.1. The number of thiazole rings is 1. The second-order valence-electron chi connectivity index (χ2n) is 8.15. The highest BCUT2D eigenvalue weighted by molar-refractivity contribution is 7.09. The molecule has 0 radical (unpaired) electrons. The van der Waals surface area contributed by atoms with Gasteiger partial charge in [-0.15, -0.1) is 11.3 Å². The van der Waals surface area contributed by atoms with Gasteiger partial charge in [0.1, 0.15) is 5.01 Å². The largest absolute Gasteiger partial charge is 0.325 e. The Kier molecular flexibility index (Phi) is 7.06. The van der Waals surface area contributed by atoms with Gasteiger partial charge in [0, 0.05) is 56.5 Å². The van der Waals surface area contributed by atoms with Crippen LogP contribution < -0.4 is 5.32 Å². The molecule has 1 aromatic carbocycles. The zero-order valence-electron chi connectivity index (χ0n) is 18.2. The molecule has 31 heavy (non-hydrogen) atoms. The van der Waals surface area contributed by atoms with E-state index in [1.807, 2.05) is 44.3 Å². The number of hydrogen-bond acceptors (Lipinski definition) is 6. The minimum Gasteiger partial charge on any atom is -0.325 e. The van der Waals surface area contributed by atoms with Gasteiger partial charge in [-0.25, -0.2) is 4.98 Å². The molecule has 6 nitrogen and oxygen atoms in total. The molecule has 1 aliphatic rings. The van der Waals surface area contributed by atoms with Crippen molar-refractivity contribution in [1.29, 1.82) is 0 Å². The first kappa shape index (κ1) is 21.6. The molecule has 4 rings (SSSR count). The van der Waals surface area contributed by atoms with Crippen molar-refractivity contribution in [3.05, 3.63) is 75.5 Å². The summed E-state index contributed by atoms with van der Waals surface area (Å²) in [5, 5.41) is 5.97. The number of nitrogens with zero attached hydrogens (tertiary/aromatic N) is 4. The number of amides is 1. The molecular formula is C24H29N5OS. The van der Waals surface area contributed by atoms with Gasteiger partial charge in [-0.2, -0.15) is 0 Å². The molecule has 1 fully saturated rings. The van der Waals surface area contributed by atoms with E-state index in [2.05, 4.69) is 37.6 Å². The van der Waals surface area contributed by atoms with Gasteiger partial charge in [-0.1, -0.05) is 18.2 Å². The lowest BCUT2D eigenvalue weighted by atomic mass is 10.1. The van der Waals surface area contributed by atoms with E-state index >= 15 is 0 Å². The standard InChI is InChI=1S/C24H29N5OS/c1-18-6-7-19(2)22(13-18)27-23(30)14-24-26-21(17-31-24)16-29-11-9-28(10-12-29)15-20-5-3-4-8-25-20/h3-8,13,17H,9-12,14-16H2,1-2H3,(H,27,30). The number of aryl methyl sites for hydroxylation is 2. The van der Waals surface area contributed by atoms with Gasteiger partial charge in [0.2, 0.25) is 5.91 Å². The Hall–Kier alpha value is -2.61. The van der Waals surface area contributed by atoms with E-state index in [0.29, 0.717) is 6.42 Å². The van der Waals surface area contributed by atoms with Crippen molar-refractivity contribution in [2.45, 2.75) is 33.4 Å². The van der Waals surface area contributed by atoms with Gasteiger partial charge in [-0.3, -0.25) is 19.6 Å². The maximum atomic E-state index is 12.5. The van der Waals surface area contributed by atoms with Gasteiger partial charge in [0.15, 0.2) is 0 Å². The Morgan fingerprint density at radius 3 is 2.48 bits per heavy atom. The van der Waals surface area contributed by atoms with Crippen LogP contribution >= 0.6 is 11.3 Å². The van der Waals surface area contributed by atoms with Gasteiger partial charge >= 0.3 is 0 Å². The molecule has 0 bridgehead atoms. The Labute approximate surface area is 187 Å². The molecule has 3 aromatic rings. The second kappa shape index (κ2) is 10.1. The molecule has 1 aliphatic heterocycles. The van der Waals surface area contributed by atoms with E-state index in [1.54, 1.807) is 11.3 Å². The summed E-state index contributed by atoms with van der Waals surface area (Å²) in [4.78, 5) is 26.5. The first-order valence-corrected chi connectivity index (χ1v) is 11.6. The maximum absolute atomic E-state index is 12.5. The fourth-order valence-electron chi connectivity index (χ4n) is 3.76. The molecule has 0 unspecified atom stereocenters. The number of pyridine rings is 1. The molecule has 1 saturated heterocycles. The molecule has 7 heteroatoms. The highest BCUT2D eigenvalue weighted by Crippen LogP contribution is 2.18. The lowest BCUT2D eigenvalue weighted by Crippen LogP contribution is -2.45. The smallest absolute Gasteiger partial charge is 0.231 e. The SMILES string of the molecule is Cc1ccc(C)c(NC(=O)Cc2nc(CN3CCN(Cc4ccccn4)CC3)cs2)c1. The average Bonchev–Trinajstić information content (AvgIpc) is 3.19. The number of anilines is 1. The third-order valence-electron chi connectivity index (χ3n) is 5.54. The van der Waals surface area contributed by atoms with Crippen LogP contribution in [-0.2, 0) is 24.3 Å². The third-order valence-corrected chi connectivity index (χ3v) is 6.44. The molecule has 0 aliphatic carbocycles. The number of carbonyl (C=O) groups is 1. The van der Waals surface area contributed by atoms with Crippen LogP contribution in [0.2, 0.25) is 0 Å². The molecule has 1 amide bonds. The van der Waals surface area contributed by atoms with Crippen LogP contribution in [0.3, 0.4) is 0 Å². The van der Waals surface area contributed by atoms with Crippen LogP contribution in [0.4, 0.5) is 5.69 Å². The second-order valence-corrected chi connectivity index (χ2v) is 9.09. The van der Waals surface area contributed by atoms with Crippen molar-refractivity contribution < 1.29 is 4.79 Å². The lowest BCUT2D eigenvalue weighted by Gasteiger charge is -2.34. The van der Waals surface area contributed by atoms with E-state index in [0.717, 1.165) is 72.5 Å². The van der Waals surface area contributed by atoms with E-state index in [9.17, 15) is 4.79 Å². The Bertz CT molecular complexity index is 1010. The molecule has 0 saturated carbocycles. The van der Waals surface area contributed by atoms with Crippen molar-refractivity contribution in [2.24, 2.45) is 0 Å². The number of aromatic nitrogens is 2. The van der Waals surface area contributed by atoms with Gasteiger partial charge in [0.25, 0.3) is 0 Å². The van der Waals surface area contributed by atoms with Crippen molar-refractivity contribution in [1.82, 2.24) is 19.8 Å². The summed E-state index contributed by atoms with van der Waals surface area (Å²) >= 11 is 1.57. The summed E-state index contributed by atoms with van der Waals surface area (Å²) < 4.78 is 0. The number of rotatable bonds is 7. The van der Waals surface area contributed by atoms with Gasteiger partial charge in [-0.05, 0) is 43.2 Å². The molecular weight excluding hydrogens is 406 g/mol. The highest BCUT2D eigenvalue weighted by Gasteiger charge is 2.18. The lowest BCUT2D eigenvalue weighted by molar-refractivity contribution is -0.115. The van der Waals surface area contributed by atoms with Crippen LogP contribution in [0, 0.1) is 13.8 Å². The first-order valence-electron chi connectivity index (χ1n) is 10.7. The van der Waals surface area contributed by atoms with E-state index in [4.69, 9.17) is 4.98 Å². The minimum absolute atomic E-state index is 0.0160. The normalized spacial score (nSPS) is 15.2. The zero-order chi connectivity index (χ0) is 21.6. The summed E-state index contributed by atoms with van der Waals surface area (Å²) in [5.74, 6) is -0.0160. The first-order chi connectivity index (χ1) is 15.0. The Balaban J connectivity index is 1.24. The molecule has 2 aromatic heterocycles. The molecule has 1 N–H and O–H groups in total. The summed E-state index contributed by atoms with van der Waals surface area (Å²) in [6.45, 7) is 9.89. The quantitative estimate of drug-likeness (QED) is 0.614. The summed E-state index contributed by atoms with van der Waals surface area (Å²) in [7, 11) is 0. The summed E-state index contributed by atoms with van der Waals surface area (Å²) in [5.41, 5.74) is 5.26. The molecule has 162 valence electrons. The van der Waals surface area contributed by atoms with Crippen molar-refractivity contribution in [3.8, 4) is 0 Å². The molecule has 0 atom stereocenters. The van der Waals surface area contributed by atoms with E-state index < -0.39 is 0 Å². The van der Waals surface area contributed by atoms with Gasteiger partial charge < -0.3 is 5.32 Å². The van der Waals surface area contributed by atoms with Crippen LogP contribution in [0.5, 0.6) is 0 Å². The predicted octanol–water partition coefficient (Wildman–Crippen LogP) is 3.65. The number of piperazine rings is 1. The zero-order valence-corrected chi connectivity index (χ0v) is 19.0. The number of nitrogens with one attached hydrogen (secondary N) is 1. The summed E-state index contributed by atoms with van der Waals surface area (Å²) in [6.07, 6.45) is 2.17. The van der Waals surface area contributed by atoms with E-state index in [1.165, 1.54) is 0 Å². The Morgan fingerprint density at radius 2 is 1.77 bits per heavy atom. The number of hydrogen-bond donors (Lipinski definition) is 1. The van der Waals surface area contributed by atoms with Crippen molar-refractivity contribution in [2.75, 3.05) is 31.5 Å². The van der Waals surface area contributed by atoms with Gasteiger partial charge in [0.05, 0.1) is 17.8 Å². The fraction of sp³-hybridized carbons (Fsp3) is 0.375. The summed E-state index contributed by atoms with van der Waals surface area (Å²) in [6, 6.07) is 12.2. The third kappa shape index (κ3) is 6.19.